The molecule has 1 saturated heterocycles. The second-order valence-electron chi connectivity index (χ2n) is 5.01. The van der Waals surface area contributed by atoms with E-state index in [1.165, 1.54) is 11.1 Å². The van der Waals surface area contributed by atoms with Gasteiger partial charge in [0, 0.05) is 5.41 Å². The van der Waals surface area contributed by atoms with Gasteiger partial charge in [-0.25, -0.2) is 0 Å². The summed E-state index contributed by atoms with van der Waals surface area (Å²) >= 11 is 0. The van der Waals surface area contributed by atoms with Gasteiger partial charge in [-0.05, 0) is 24.0 Å². The summed E-state index contributed by atoms with van der Waals surface area (Å²) in [5.74, 6) is 0. The Balaban J connectivity index is 1.77. The van der Waals surface area contributed by atoms with Crippen LogP contribution in [0.4, 0.5) is 0 Å². The fourth-order valence-electron chi connectivity index (χ4n) is 2.04. The Morgan fingerprint density at radius 2 is 1.76 bits per heavy atom. The van der Waals surface area contributed by atoms with Crippen LogP contribution in [0.3, 0.4) is 0 Å². The van der Waals surface area contributed by atoms with Crippen LogP contribution in [0.1, 0.15) is 31.4 Å². The van der Waals surface area contributed by atoms with Gasteiger partial charge in [0.1, 0.15) is 0 Å². The van der Waals surface area contributed by atoms with Gasteiger partial charge in [0.2, 0.25) is 0 Å². The molecule has 0 atom stereocenters. The molecule has 0 bridgehead atoms. The maximum absolute atomic E-state index is 5.81. The van der Waals surface area contributed by atoms with Gasteiger partial charge in [-0.1, -0.05) is 38.1 Å². The monoisotopic (exact) mass is 234 g/mol. The van der Waals surface area contributed by atoms with Crippen molar-refractivity contribution in [1.82, 2.24) is 0 Å². The second kappa shape index (κ2) is 5.65. The number of benzene rings is 1. The summed E-state index contributed by atoms with van der Waals surface area (Å²) in [7, 11) is 0. The van der Waals surface area contributed by atoms with Crippen LogP contribution >= 0.6 is 0 Å². The summed E-state index contributed by atoms with van der Waals surface area (Å²) in [6.07, 6.45) is 2.24. The maximum Gasteiger partial charge on any atom is 0.0717 e. The average Bonchev–Trinajstić information content (AvgIpc) is 2.33. The molecule has 2 heteroatoms. The van der Waals surface area contributed by atoms with Gasteiger partial charge in [-0.2, -0.15) is 0 Å². The van der Waals surface area contributed by atoms with Crippen LogP contribution in [0.2, 0.25) is 0 Å². The Labute approximate surface area is 104 Å². The molecule has 0 spiro atoms. The van der Waals surface area contributed by atoms with Crippen molar-refractivity contribution < 1.29 is 9.47 Å². The molecular formula is C15H22O2. The van der Waals surface area contributed by atoms with Gasteiger partial charge in [-0.15, -0.1) is 0 Å². The SMILES string of the molecule is CCc1ccc(COCC2(CC)COC2)cc1. The molecule has 0 N–H and O–H groups in total. The zero-order valence-corrected chi connectivity index (χ0v) is 10.9. The van der Waals surface area contributed by atoms with Crippen molar-refractivity contribution in [1.29, 1.82) is 0 Å². The smallest absolute Gasteiger partial charge is 0.0717 e. The van der Waals surface area contributed by atoms with Crippen molar-refractivity contribution in [2.45, 2.75) is 33.3 Å². The third-order valence-electron chi connectivity index (χ3n) is 3.67. The molecule has 1 aromatic rings. The summed E-state index contributed by atoms with van der Waals surface area (Å²) < 4.78 is 11.1. The van der Waals surface area contributed by atoms with E-state index in [1.807, 2.05) is 0 Å². The molecule has 0 radical (unpaired) electrons. The van der Waals surface area contributed by atoms with Crippen molar-refractivity contribution in [2.24, 2.45) is 5.41 Å². The van der Waals surface area contributed by atoms with E-state index in [2.05, 4.69) is 38.1 Å². The number of hydrogen-bond acceptors (Lipinski definition) is 2. The highest BCUT2D eigenvalue weighted by Crippen LogP contribution is 2.31. The normalized spacial score (nSPS) is 17.8. The first-order valence-corrected chi connectivity index (χ1v) is 6.51. The zero-order valence-electron chi connectivity index (χ0n) is 10.9. The van der Waals surface area contributed by atoms with Gasteiger partial charge in [0.25, 0.3) is 0 Å². The topological polar surface area (TPSA) is 18.5 Å². The van der Waals surface area contributed by atoms with Crippen molar-refractivity contribution in [3.05, 3.63) is 35.4 Å². The average molecular weight is 234 g/mol. The van der Waals surface area contributed by atoms with Gasteiger partial charge in [0.05, 0.1) is 26.4 Å². The summed E-state index contributed by atoms with van der Waals surface area (Å²) in [5.41, 5.74) is 2.93. The molecule has 17 heavy (non-hydrogen) atoms. The molecule has 2 nitrogen and oxygen atoms in total. The predicted molar refractivity (Wildman–Crippen MR) is 69.0 cm³/mol. The molecule has 0 unspecified atom stereocenters. The summed E-state index contributed by atoms with van der Waals surface area (Å²) in [6, 6.07) is 8.69. The van der Waals surface area contributed by atoms with E-state index in [0.717, 1.165) is 32.7 Å². The lowest BCUT2D eigenvalue weighted by molar-refractivity contribution is -0.152. The standard InChI is InChI=1S/C15H22O2/c1-3-13-5-7-14(8-6-13)9-16-10-15(4-2)11-17-12-15/h5-8H,3-4,9-12H2,1-2H3. The van der Waals surface area contributed by atoms with Crippen LogP contribution < -0.4 is 0 Å². The lowest BCUT2D eigenvalue weighted by Crippen LogP contribution is -2.45. The van der Waals surface area contributed by atoms with E-state index in [9.17, 15) is 0 Å². The molecule has 94 valence electrons. The van der Waals surface area contributed by atoms with Crippen molar-refractivity contribution >= 4 is 0 Å². The Hall–Kier alpha value is -0.860. The van der Waals surface area contributed by atoms with Crippen LogP contribution in [-0.4, -0.2) is 19.8 Å². The molecule has 1 aliphatic heterocycles. The van der Waals surface area contributed by atoms with Crippen LogP contribution in [0, 0.1) is 5.41 Å². The second-order valence-corrected chi connectivity index (χ2v) is 5.01. The van der Waals surface area contributed by atoms with E-state index >= 15 is 0 Å². The maximum atomic E-state index is 5.81. The van der Waals surface area contributed by atoms with Crippen LogP contribution in [0.15, 0.2) is 24.3 Å². The summed E-state index contributed by atoms with van der Waals surface area (Å²) in [5, 5.41) is 0. The number of rotatable bonds is 6. The van der Waals surface area contributed by atoms with Crippen molar-refractivity contribution in [3.63, 3.8) is 0 Å². The number of aryl methyl sites for hydroxylation is 1. The Kier molecular flexibility index (Phi) is 4.19. The minimum Gasteiger partial charge on any atom is -0.380 e. The largest absolute Gasteiger partial charge is 0.380 e. The van der Waals surface area contributed by atoms with Gasteiger partial charge < -0.3 is 9.47 Å². The molecule has 1 aliphatic rings. The number of hydrogen-bond donors (Lipinski definition) is 0. The Bertz CT molecular complexity index is 333. The van der Waals surface area contributed by atoms with E-state index < -0.39 is 0 Å². The summed E-state index contributed by atoms with van der Waals surface area (Å²) in [6.45, 7) is 7.64. The lowest BCUT2D eigenvalue weighted by atomic mass is 9.84. The Morgan fingerprint density at radius 3 is 2.24 bits per heavy atom. The third kappa shape index (κ3) is 3.08. The van der Waals surface area contributed by atoms with Gasteiger partial charge in [0.15, 0.2) is 0 Å². The molecule has 1 fully saturated rings. The zero-order chi connectivity index (χ0) is 12.1. The van der Waals surface area contributed by atoms with E-state index in [4.69, 9.17) is 9.47 Å². The third-order valence-corrected chi connectivity index (χ3v) is 3.67. The van der Waals surface area contributed by atoms with Gasteiger partial charge >= 0.3 is 0 Å². The molecule has 0 aliphatic carbocycles. The highest BCUT2D eigenvalue weighted by atomic mass is 16.5. The molecular weight excluding hydrogens is 212 g/mol. The van der Waals surface area contributed by atoms with E-state index in [0.29, 0.717) is 12.0 Å². The fraction of sp³-hybridized carbons (Fsp3) is 0.600. The Morgan fingerprint density at radius 1 is 1.12 bits per heavy atom. The van der Waals surface area contributed by atoms with Crippen molar-refractivity contribution in [3.8, 4) is 0 Å². The molecule has 0 saturated carbocycles. The minimum absolute atomic E-state index is 0.295. The number of ether oxygens (including phenoxy) is 2. The first-order valence-electron chi connectivity index (χ1n) is 6.51. The highest BCUT2D eigenvalue weighted by Gasteiger charge is 2.36. The van der Waals surface area contributed by atoms with E-state index in [1.54, 1.807) is 0 Å². The first kappa shape index (κ1) is 12.6. The van der Waals surface area contributed by atoms with Crippen LogP contribution in [-0.2, 0) is 22.5 Å². The molecule has 1 aromatic carbocycles. The highest BCUT2D eigenvalue weighted by molar-refractivity contribution is 5.21. The first-order chi connectivity index (χ1) is 8.28. The van der Waals surface area contributed by atoms with Crippen LogP contribution in [0.5, 0.6) is 0 Å². The molecule has 0 aromatic heterocycles. The predicted octanol–water partition coefficient (Wildman–Crippen LogP) is 3.19. The van der Waals surface area contributed by atoms with E-state index in [-0.39, 0.29) is 0 Å². The molecule has 1 heterocycles. The fourth-order valence-corrected chi connectivity index (χ4v) is 2.04. The van der Waals surface area contributed by atoms with Crippen molar-refractivity contribution in [2.75, 3.05) is 19.8 Å². The molecule has 0 amide bonds. The summed E-state index contributed by atoms with van der Waals surface area (Å²) in [4.78, 5) is 0. The minimum atomic E-state index is 0.295. The lowest BCUT2D eigenvalue weighted by Gasteiger charge is -2.40. The van der Waals surface area contributed by atoms with Gasteiger partial charge in [-0.3, -0.25) is 0 Å². The quantitative estimate of drug-likeness (QED) is 0.752. The molecule has 2 rings (SSSR count). The van der Waals surface area contributed by atoms with Crippen LogP contribution in [0.25, 0.3) is 0 Å².